The molecule has 0 radical (unpaired) electrons. The largest absolute Gasteiger partial charge is 0.456 e. The molecule has 12 heteroatoms. The number of ketones is 1. The molecule has 48 heavy (non-hydrogen) atoms. The Bertz CT molecular complexity index is 1460. The highest BCUT2D eigenvalue weighted by atomic mass is 28.4. The van der Waals surface area contributed by atoms with Crippen LogP contribution >= 0.6 is 0 Å². The second-order valence-corrected chi connectivity index (χ2v) is 21.5. The van der Waals surface area contributed by atoms with E-state index in [2.05, 4.69) is 33.9 Å². The average Bonchev–Trinajstić information content (AvgIpc) is 3.58. The van der Waals surface area contributed by atoms with Gasteiger partial charge in [-0.25, -0.2) is 0 Å². The van der Waals surface area contributed by atoms with Gasteiger partial charge in [-0.3, -0.25) is 4.79 Å². The molecular weight excluding hydrogens is 651 g/mol. The minimum Gasteiger partial charge on any atom is -0.411 e. The molecule has 0 spiro atoms. The van der Waals surface area contributed by atoms with Gasteiger partial charge in [0.2, 0.25) is 5.79 Å². The summed E-state index contributed by atoms with van der Waals surface area (Å²) in [4.78, 5) is 12.5. The van der Waals surface area contributed by atoms with E-state index in [1.807, 2.05) is 24.3 Å². The summed E-state index contributed by atoms with van der Waals surface area (Å²) in [6, 6.07) is 7.31. The van der Waals surface area contributed by atoms with Gasteiger partial charge in [-0.1, -0.05) is 57.5 Å². The smallest absolute Gasteiger partial charge is 0.411 e. The number of Topliss-reactive ketones (excluding diaryl/α,β-unsaturated/α-hetero) is 1. The Morgan fingerprint density at radius 2 is 1.58 bits per heavy atom. The number of aliphatic hydroxyl groups is 2. The van der Waals surface area contributed by atoms with Gasteiger partial charge in [0.05, 0.1) is 25.4 Å². The molecule has 6 nitrogen and oxygen atoms in total. The number of rotatable bonds is 6. The van der Waals surface area contributed by atoms with Crippen LogP contribution in [-0.4, -0.2) is 67.4 Å². The van der Waals surface area contributed by atoms with Crippen molar-refractivity contribution in [3.63, 3.8) is 0 Å². The average molecular weight is 701 g/mol. The first-order valence-electron chi connectivity index (χ1n) is 17.2. The van der Waals surface area contributed by atoms with Crippen LogP contribution in [0.4, 0.5) is 22.0 Å². The van der Waals surface area contributed by atoms with Crippen LogP contribution in [0, 0.1) is 17.3 Å². The first-order valence-corrected chi connectivity index (χ1v) is 20.1. The van der Waals surface area contributed by atoms with Crippen molar-refractivity contribution in [1.82, 2.24) is 0 Å². The number of ether oxygens (including phenoxy) is 2. The monoisotopic (exact) mass is 700 g/mol. The van der Waals surface area contributed by atoms with E-state index in [1.165, 1.54) is 6.92 Å². The van der Waals surface area contributed by atoms with Gasteiger partial charge in [0.25, 0.3) is 0 Å². The molecule has 2 N–H and O–H groups in total. The van der Waals surface area contributed by atoms with Crippen molar-refractivity contribution in [2.24, 2.45) is 17.3 Å². The molecule has 6 atom stereocenters. The minimum atomic E-state index is -5.92. The molecule has 4 aliphatic carbocycles. The van der Waals surface area contributed by atoms with Crippen molar-refractivity contribution in [3.8, 4) is 0 Å². The number of benzene rings is 1. The van der Waals surface area contributed by atoms with Gasteiger partial charge in [0.15, 0.2) is 8.32 Å². The predicted molar refractivity (Wildman–Crippen MR) is 171 cm³/mol. The molecule has 0 unspecified atom stereocenters. The molecule has 268 valence electrons. The molecule has 6 rings (SSSR count). The molecule has 0 aromatic heterocycles. The lowest BCUT2D eigenvalue weighted by Crippen LogP contribution is -2.65. The number of alkyl halides is 5. The maximum atomic E-state index is 15.4. The highest BCUT2D eigenvalue weighted by Gasteiger charge is 2.79. The zero-order valence-electron chi connectivity index (χ0n) is 28.7. The van der Waals surface area contributed by atoms with Crippen LogP contribution in [0.1, 0.15) is 96.1 Å². The summed E-state index contributed by atoms with van der Waals surface area (Å²) < 4.78 is 91.3. The summed E-state index contributed by atoms with van der Waals surface area (Å²) in [6.45, 7) is 13.0. The normalized spacial score (nSPS) is 35.8. The maximum absolute atomic E-state index is 15.4. The first kappa shape index (κ1) is 36.1. The molecule has 0 amide bonds. The summed E-state index contributed by atoms with van der Waals surface area (Å²) in [5.41, 5.74) is -3.51. The Morgan fingerprint density at radius 1 is 0.958 bits per heavy atom. The Hall–Kier alpha value is -1.70. The van der Waals surface area contributed by atoms with E-state index >= 15 is 8.78 Å². The first-order chi connectivity index (χ1) is 22.0. The van der Waals surface area contributed by atoms with Crippen LogP contribution in [0.5, 0.6) is 0 Å². The minimum absolute atomic E-state index is 0.00849. The van der Waals surface area contributed by atoms with Gasteiger partial charge >= 0.3 is 12.1 Å². The van der Waals surface area contributed by atoms with Crippen molar-refractivity contribution in [2.75, 3.05) is 19.8 Å². The fraction of sp³-hybridized carbons (Fsp3) is 0.750. The topological polar surface area (TPSA) is 85.2 Å². The fourth-order valence-corrected chi connectivity index (χ4v) is 10.4. The highest BCUT2D eigenvalue weighted by molar-refractivity contribution is 6.74. The second-order valence-electron chi connectivity index (χ2n) is 16.7. The summed E-state index contributed by atoms with van der Waals surface area (Å²) in [7, 11) is -2.18. The van der Waals surface area contributed by atoms with E-state index in [0.29, 0.717) is 42.8 Å². The molecule has 4 fully saturated rings. The molecule has 5 aliphatic rings. The van der Waals surface area contributed by atoms with Crippen LogP contribution in [0.2, 0.25) is 18.1 Å². The van der Waals surface area contributed by atoms with Crippen LogP contribution in [0.15, 0.2) is 35.4 Å². The zero-order chi connectivity index (χ0) is 35.3. The Balaban J connectivity index is 1.43. The lowest BCUT2D eigenvalue weighted by molar-refractivity contribution is -0.362. The van der Waals surface area contributed by atoms with E-state index in [-0.39, 0.29) is 49.5 Å². The van der Waals surface area contributed by atoms with E-state index < -0.39 is 67.0 Å². The number of carbonyl (C=O) groups is 1. The van der Waals surface area contributed by atoms with Crippen molar-refractivity contribution >= 4 is 14.1 Å². The quantitative estimate of drug-likeness (QED) is 0.178. The summed E-state index contributed by atoms with van der Waals surface area (Å²) in [5.74, 6) is -8.24. The predicted octanol–water partition coefficient (Wildman–Crippen LogP) is 7.93. The number of hydrogen-bond donors (Lipinski definition) is 2. The summed E-state index contributed by atoms with van der Waals surface area (Å²) in [6.07, 6.45) is -5.68. The second kappa shape index (κ2) is 11.4. The highest BCUT2D eigenvalue weighted by Crippen LogP contribution is 2.71. The van der Waals surface area contributed by atoms with E-state index in [9.17, 15) is 28.2 Å². The summed E-state index contributed by atoms with van der Waals surface area (Å²) in [5, 5.41) is 23.3. The Labute approximate surface area is 280 Å². The van der Waals surface area contributed by atoms with Crippen LogP contribution < -0.4 is 0 Å². The van der Waals surface area contributed by atoms with Crippen molar-refractivity contribution < 1.29 is 50.9 Å². The van der Waals surface area contributed by atoms with Gasteiger partial charge in [-0.15, -0.1) is 0 Å². The van der Waals surface area contributed by atoms with Gasteiger partial charge in [0.1, 0.15) is 11.4 Å². The number of allylic oxidation sites excluding steroid dienone is 1. The maximum Gasteiger partial charge on any atom is 0.456 e. The van der Waals surface area contributed by atoms with Crippen LogP contribution in [0.25, 0.3) is 0 Å². The molecule has 1 aromatic carbocycles. The van der Waals surface area contributed by atoms with Gasteiger partial charge in [-0.05, 0) is 79.6 Å². The number of fused-ring (bicyclic) bond motifs is 4. The molecule has 0 bridgehead atoms. The van der Waals surface area contributed by atoms with Crippen molar-refractivity contribution in [2.45, 2.75) is 132 Å². The lowest BCUT2D eigenvalue weighted by atomic mass is 9.49. The molecule has 1 aliphatic heterocycles. The fourth-order valence-electron chi connectivity index (χ4n) is 9.40. The number of halogens is 5. The Kier molecular flexibility index (Phi) is 8.57. The zero-order valence-corrected chi connectivity index (χ0v) is 29.7. The van der Waals surface area contributed by atoms with E-state index in [4.69, 9.17) is 13.9 Å². The van der Waals surface area contributed by atoms with Gasteiger partial charge < -0.3 is 24.1 Å². The third-order valence-corrected chi connectivity index (χ3v) is 17.7. The van der Waals surface area contributed by atoms with E-state index in [0.717, 1.165) is 5.57 Å². The summed E-state index contributed by atoms with van der Waals surface area (Å²) >= 11 is 0. The van der Waals surface area contributed by atoms with Gasteiger partial charge in [0, 0.05) is 29.7 Å². The molecule has 1 heterocycles. The van der Waals surface area contributed by atoms with Crippen molar-refractivity contribution in [1.29, 1.82) is 0 Å². The number of carbonyl (C=O) groups excluding carboxylic acids is 1. The van der Waals surface area contributed by atoms with Crippen LogP contribution in [0.3, 0.4) is 0 Å². The molecule has 1 aromatic rings. The third-order valence-electron chi connectivity index (χ3n) is 13.2. The van der Waals surface area contributed by atoms with E-state index in [1.54, 1.807) is 0 Å². The SMILES string of the molecule is CC(C)(C)[Si](C)(C)OCC1(c2ccc([C@H]3C[C@@]4(C)[C@@H](CC[C@@]4(O)C(F)(F)C(F)(F)F)[C@@H]4CC[C@@]5(O)CC(=O)CCC5=C43)cc2)OCCO1. The van der Waals surface area contributed by atoms with Crippen LogP contribution in [-0.2, 0) is 24.5 Å². The third kappa shape index (κ3) is 5.29. The molecule has 1 saturated heterocycles. The standard InChI is InChI=1S/C36H49F5O6Si/c1-30(2,3)48(5,6)47-21-33(45-17-18-46-33)23-9-7-22(8-10-23)26-20-31(4)27(14-16-34(31,44)35(37,38)36(39,40)41)25-13-15-32(43)19-24(42)11-12-28(32)29(25)26/h7-10,25-27,43-44H,11-21H2,1-6H3/t25-,26+,27-,31-,32+,34-/m0/s1. The van der Waals surface area contributed by atoms with Crippen molar-refractivity contribution in [3.05, 3.63) is 46.5 Å². The molecule has 3 saturated carbocycles. The lowest BCUT2D eigenvalue weighted by Gasteiger charge is -2.57. The molecular formula is C36H49F5O6Si. The van der Waals surface area contributed by atoms with Gasteiger partial charge in [-0.2, -0.15) is 22.0 Å². The number of hydrogen-bond acceptors (Lipinski definition) is 6. The Morgan fingerprint density at radius 3 is 2.17 bits per heavy atom.